The minimum Gasteiger partial charge on any atom is -0.378 e. The van der Waals surface area contributed by atoms with Crippen LogP contribution < -0.4 is 5.56 Å². The van der Waals surface area contributed by atoms with Gasteiger partial charge in [-0.25, -0.2) is 9.37 Å². The number of hydrogen-bond donors (Lipinski definition) is 2. The van der Waals surface area contributed by atoms with Crippen molar-refractivity contribution in [3.05, 3.63) is 92.9 Å². The van der Waals surface area contributed by atoms with Gasteiger partial charge in [0.05, 0.1) is 23.2 Å². The second-order valence-corrected chi connectivity index (χ2v) is 12.1. The Kier molecular flexibility index (Phi) is 5.60. The van der Waals surface area contributed by atoms with Crippen molar-refractivity contribution in [3.63, 3.8) is 0 Å². The fraction of sp³-hybridized carbons (Fsp3) is 0.320. The van der Waals surface area contributed by atoms with E-state index >= 15 is 0 Å². The zero-order chi connectivity index (χ0) is 27.6. The normalized spacial score (nSPS) is 19.5. The highest BCUT2D eigenvalue weighted by molar-refractivity contribution is 8.45. The lowest BCUT2D eigenvalue weighted by molar-refractivity contribution is -0.141. The van der Waals surface area contributed by atoms with Crippen LogP contribution >= 0.6 is 10.2 Å². The van der Waals surface area contributed by atoms with Crippen LogP contribution in [-0.2, 0) is 23.2 Å². The van der Waals surface area contributed by atoms with Gasteiger partial charge in [-0.2, -0.15) is 0 Å². The molecule has 1 aliphatic carbocycles. The lowest BCUT2D eigenvalue weighted by atomic mass is 9.94. The first-order valence-corrected chi connectivity index (χ1v) is 13.7. The number of aromatic nitrogens is 2. The third-order valence-electron chi connectivity index (χ3n) is 7.04. The Bertz CT molecular complexity index is 1510. The smallest absolute Gasteiger partial charge is 0.310 e. The maximum atomic E-state index is 13.8. The number of carbonyl (C=O) groups excluding carboxylic acids is 1. The predicted octanol–water partition coefficient (Wildman–Crippen LogP) is 5.65. The molecule has 5 rings (SSSR count). The Labute approximate surface area is 213 Å². The van der Waals surface area contributed by atoms with Crippen LogP contribution in [0.1, 0.15) is 53.6 Å². The molecule has 204 valence electrons. The van der Waals surface area contributed by atoms with E-state index in [4.69, 9.17) is 0 Å². The molecule has 1 amide bonds. The van der Waals surface area contributed by atoms with Crippen LogP contribution in [0.5, 0.6) is 0 Å². The van der Waals surface area contributed by atoms with Crippen molar-refractivity contribution in [3.8, 4) is 0 Å². The number of halogens is 6. The van der Waals surface area contributed by atoms with Gasteiger partial charge in [-0.3, -0.25) is 9.59 Å². The van der Waals surface area contributed by atoms with E-state index in [2.05, 4.69) is 9.97 Å². The lowest BCUT2D eigenvalue weighted by Gasteiger charge is -2.40. The summed E-state index contributed by atoms with van der Waals surface area (Å²) in [4.78, 5) is 32.3. The topological polar surface area (TPSA) is 86.3 Å². The summed E-state index contributed by atoms with van der Waals surface area (Å²) in [5.41, 5.74) is -0.518. The molecule has 0 spiro atoms. The first-order chi connectivity index (χ1) is 17.6. The minimum absolute atomic E-state index is 0.0529. The number of nitrogens with zero attached hydrogens (tertiary/aromatic N) is 2. The van der Waals surface area contributed by atoms with Crippen LogP contribution in [0, 0.1) is 5.82 Å². The van der Waals surface area contributed by atoms with Crippen LogP contribution in [0.4, 0.5) is 23.8 Å². The number of amides is 1. The van der Waals surface area contributed by atoms with E-state index in [-0.39, 0.29) is 30.8 Å². The highest BCUT2D eigenvalue weighted by Crippen LogP contribution is 3.02. The second kappa shape index (κ2) is 8.09. The van der Waals surface area contributed by atoms with Crippen molar-refractivity contribution in [1.29, 1.82) is 0 Å². The van der Waals surface area contributed by atoms with E-state index in [0.29, 0.717) is 48.8 Å². The summed E-state index contributed by atoms with van der Waals surface area (Å²) in [6, 6.07) is 7.94. The number of aliphatic hydroxyl groups excluding tert-OH is 1. The molecule has 0 radical (unpaired) electrons. The first-order valence-electron chi connectivity index (χ1n) is 11.8. The molecule has 2 N–H and O–H groups in total. The molecule has 1 atom stereocenters. The van der Waals surface area contributed by atoms with Gasteiger partial charge in [-0.15, -0.1) is 0 Å². The third kappa shape index (κ3) is 4.92. The zero-order valence-electron chi connectivity index (χ0n) is 19.8. The highest BCUT2D eigenvalue weighted by Gasteiger charge is 2.65. The zero-order valence-corrected chi connectivity index (χ0v) is 20.6. The standard InChI is InChI=1S/C25H23F6N3O3S/c26-17-6-2-5-16(13-17)25(9-10-25)24-32-20-8-3-11-34(14-19(20)22(36)33-24)23(37)21(35)15-4-1-7-18(12-15)38(27,28,29,30)31/h1-2,4-7,12-13,21,35H,3,8-11,14H2,(H,32,33,36). The average Bonchev–Trinajstić information content (AvgIpc) is 3.66. The summed E-state index contributed by atoms with van der Waals surface area (Å²) in [6.07, 6.45) is -0.184. The molecule has 13 heteroatoms. The number of benzene rings is 2. The van der Waals surface area contributed by atoms with Gasteiger partial charge >= 0.3 is 10.2 Å². The number of fused-ring (bicyclic) bond motifs is 1. The second-order valence-electron chi connectivity index (χ2n) is 9.74. The predicted molar refractivity (Wildman–Crippen MR) is 128 cm³/mol. The number of nitrogens with one attached hydrogen (secondary N) is 1. The summed E-state index contributed by atoms with van der Waals surface area (Å²) in [5.74, 6) is -1.05. The quantitative estimate of drug-likeness (QED) is 0.396. The van der Waals surface area contributed by atoms with Crippen LogP contribution in [0.3, 0.4) is 0 Å². The van der Waals surface area contributed by atoms with Crippen LogP contribution in [0.15, 0.2) is 58.2 Å². The number of rotatable bonds is 5. The van der Waals surface area contributed by atoms with Crippen molar-refractivity contribution < 1.29 is 33.7 Å². The summed E-state index contributed by atoms with van der Waals surface area (Å²) < 4.78 is 79.9. The molecule has 1 aliphatic heterocycles. The maximum Gasteiger partial charge on any atom is 0.310 e. The lowest BCUT2D eigenvalue weighted by Crippen LogP contribution is -2.36. The van der Waals surface area contributed by atoms with Gasteiger partial charge < -0.3 is 15.0 Å². The molecule has 1 aromatic heterocycles. The number of H-pyrrole nitrogens is 1. The molecule has 1 saturated carbocycles. The minimum atomic E-state index is -10.0. The molecule has 6 nitrogen and oxygen atoms in total. The monoisotopic (exact) mass is 559 g/mol. The molecular weight excluding hydrogens is 536 g/mol. The molecule has 0 saturated heterocycles. The molecule has 2 heterocycles. The first kappa shape index (κ1) is 26.3. The molecule has 2 aromatic carbocycles. The van der Waals surface area contributed by atoms with Gasteiger partial charge in [0.25, 0.3) is 11.5 Å². The molecule has 2 aliphatic rings. The van der Waals surface area contributed by atoms with Gasteiger partial charge in [0.1, 0.15) is 16.5 Å². The van der Waals surface area contributed by atoms with Crippen molar-refractivity contribution in [2.45, 2.75) is 48.6 Å². The Morgan fingerprint density at radius 3 is 2.45 bits per heavy atom. The number of aliphatic hydroxyl groups is 1. The molecular formula is C25H23F6N3O3S. The summed E-state index contributed by atoms with van der Waals surface area (Å²) in [7, 11) is -10.0. The van der Waals surface area contributed by atoms with Crippen molar-refractivity contribution in [2.24, 2.45) is 0 Å². The van der Waals surface area contributed by atoms with E-state index in [1.165, 1.54) is 12.1 Å². The van der Waals surface area contributed by atoms with Gasteiger partial charge in [0.15, 0.2) is 6.10 Å². The number of hydrogen-bond acceptors (Lipinski definition) is 4. The third-order valence-corrected chi connectivity index (χ3v) is 8.18. The largest absolute Gasteiger partial charge is 0.378 e. The molecule has 1 fully saturated rings. The number of aryl methyl sites for hydroxylation is 1. The van der Waals surface area contributed by atoms with Gasteiger partial charge in [-0.1, -0.05) is 43.7 Å². The fourth-order valence-electron chi connectivity index (χ4n) is 4.85. The Morgan fingerprint density at radius 1 is 1.08 bits per heavy atom. The van der Waals surface area contributed by atoms with Crippen molar-refractivity contribution >= 4 is 16.1 Å². The average molecular weight is 560 g/mol. The van der Waals surface area contributed by atoms with Gasteiger partial charge in [-0.05, 0) is 61.1 Å². The maximum absolute atomic E-state index is 13.8. The molecule has 38 heavy (non-hydrogen) atoms. The number of carbonyl (C=O) groups is 1. The SMILES string of the molecule is O=C(C(O)c1cccc(S(F)(F)(F)(F)F)c1)N1CCCc2nc(C3(c4cccc(F)c4)CC3)[nH]c(=O)c2C1. The van der Waals surface area contributed by atoms with Crippen LogP contribution in [-0.4, -0.2) is 32.4 Å². The Balaban J connectivity index is 1.42. The molecule has 1 unspecified atom stereocenters. The molecule has 0 bridgehead atoms. The Hall–Kier alpha value is -3.32. The highest BCUT2D eigenvalue weighted by atomic mass is 32.5. The van der Waals surface area contributed by atoms with Gasteiger partial charge in [0, 0.05) is 6.54 Å². The summed E-state index contributed by atoms with van der Waals surface area (Å²) in [5, 5.41) is 10.5. The van der Waals surface area contributed by atoms with E-state index in [1.807, 2.05) is 0 Å². The molecule has 3 aromatic rings. The number of aromatic amines is 1. The van der Waals surface area contributed by atoms with E-state index < -0.39 is 49.5 Å². The van der Waals surface area contributed by atoms with E-state index in [0.717, 1.165) is 11.0 Å². The van der Waals surface area contributed by atoms with Crippen molar-refractivity contribution in [2.75, 3.05) is 6.54 Å². The van der Waals surface area contributed by atoms with E-state index in [9.17, 15) is 38.5 Å². The Morgan fingerprint density at radius 2 is 1.79 bits per heavy atom. The summed E-state index contributed by atoms with van der Waals surface area (Å²) >= 11 is 0. The van der Waals surface area contributed by atoms with E-state index in [1.54, 1.807) is 12.1 Å². The van der Waals surface area contributed by atoms with Crippen molar-refractivity contribution in [1.82, 2.24) is 14.9 Å². The fourth-order valence-corrected chi connectivity index (χ4v) is 5.54. The summed E-state index contributed by atoms with van der Waals surface area (Å²) in [6.45, 7) is -0.223. The van der Waals surface area contributed by atoms with Crippen LogP contribution in [0.25, 0.3) is 0 Å². The van der Waals surface area contributed by atoms with Gasteiger partial charge in [0.2, 0.25) is 0 Å². The van der Waals surface area contributed by atoms with Crippen LogP contribution in [0.2, 0.25) is 0 Å².